The molecule has 0 saturated carbocycles. The Morgan fingerprint density at radius 1 is 0.243 bits per heavy atom. The van der Waals surface area contributed by atoms with Crippen LogP contribution in [-0.2, 0) is 69.5 Å². The Kier molecular flexibility index (Phi) is 55.0. The summed E-state index contributed by atoms with van der Waals surface area (Å²) in [5.74, 6) is 0.905. The van der Waals surface area contributed by atoms with Gasteiger partial charge in [0.15, 0.2) is 45.6 Å². The van der Waals surface area contributed by atoms with Gasteiger partial charge in [0.05, 0.1) is 0 Å². The zero-order chi connectivity index (χ0) is 101. The van der Waals surface area contributed by atoms with Crippen molar-refractivity contribution < 1.29 is 120 Å². The largest absolute Gasteiger partial charge is 0.507 e. The van der Waals surface area contributed by atoms with Gasteiger partial charge in [0.2, 0.25) is 0 Å². The molecule has 8 N–H and O–H groups in total. The van der Waals surface area contributed by atoms with Gasteiger partial charge in [-0.3, -0.25) is 0 Å². The molecule has 0 heterocycles. The number of anilines is 6. The Morgan fingerprint density at radius 3 is 0.464 bits per heavy atom. The van der Waals surface area contributed by atoms with E-state index in [0.29, 0.717) is 56.0 Å². The molecule has 1 radical (unpaired) electrons. The molecule has 0 unspecified atom stereocenters. The third-order valence-corrected chi connectivity index (χ3v) is 20.1. The van der Waals surface area contributed by atoms with Crippen molar-refractivity contribution in [1.82, 2.24) is 0 Å². The molecular formula is C104H118CuN22Ni2O10Zn. The molecule has 0 aromatic heterocycles. The number of hydrogen-bond donors (Lipinski definition) is 8. The smallest absolute Gasteiger partial charge is 0.176 e. The van der Waals surface area contributed by atoms with Crippen molar-refractivity contribution in [2.24, 2.45) is 39.9 Å². The van der Waals surface area contributed by atoms with Gasteiger partial charge >= 0.3 is 0 Å². The minimum absolute atomic E-state index is 0. The van der Waals surface area contributed by atoms with E-state index in [4.69, 9.17) is 9.47 Å². The fourth-order valence-corrected chi connectivity index (χ4v) is 12.9. The van der Waals surface area contributed by atoms with Crippen LogP contribution in [0.3, 0.4) is 0 Å². The molecule has 8 rings (SSSR count). The molecule has 0 amide bonds. The van der Waals surface area contributed by atoms with Crippen LogP contribution in [-0.4, -0.2) is 180 Å². The number of allylic oxidation sites excluding steroid dienone is 8. The zero-order valence-corrected chi connectivity index (χ0v) is 87.7. The van der Waals surface area contributed by atoms with E-state index >= 15 is 0 Å². The van der Waals surface area contributed by atoms with Crippen molar-refractivity contribution in [3.05, 3.63) is 236 Å². The topological polar surface area (TPSA) is 489 Å². The van der Waals surface area contributed by atoms with Crippen LogP contribution < -0.4 is 38.9 Å². The molecule has 0 aliphatic carbocycles. The first kappa shape index (κ1) is 123. The van der Waals surface area contributed by atoms with Crippen LogP contribution >= 0.6 is 0 Å². The molecule has 0 fully saturated rings. The number of ether oxygens (including phenoxy) is 2. The summed E-state index contributed by atoms with van der Waals surface area (Å²) >= 11 is 0. The SMILES string of the molecule is CC(C)(C)Oc1ccc(C=NC(C#N)=C(C#N)N=Cc2ccc(OC(C)(C)C)cc2O)c(O)c1.CCN(CC)c1ccc(C=NC(C#N)=C(C#N)N=Cc2ccc(N(CC)CC)cc2O)c(O)c1.CCN(CC)c1ccc(C=NC(C#N)=C(C#N)N=Cc2ccc(N(CC)CC)cc2O)c(O)c1.CCN(CC)c1ccc(C=NC(C#N)=C(C#N)N=Cc2ccc(N(CC)CC)cc2O)c(O)c1.[Cu].[Ni].[Ni].[Zn]. The second-order valence-electron chi connectivity index (χ2n) is 31.1. The summed E-state index contributed by atoms with van der Waals surface area (Å²) in [5.41, 5.74) is 5.85. The zero-order valence-electron chi connectivity index (χ0n) is 81.8. The van der Waals surface area contributed by atoms with E-state index in [-0.39, 0.29) is 161 Å². The van der Waals surface area contributed by atoms with E-state index in [1.165, 1.54) is 61.8 Å². The molecule has 0 spiro atoms. The summed E-state index contributed by atoms with van der Waals surface area (Å²) in [7, 11) is 0. The molecule has 0 aliphatic heterocycles. The van der Waals surface area contributed by atoms with E-state index in [2.05, 4.69) is 69.3 Å². The van der Waals surface area contributed by atoms with Crippen LogP contribution in [0.1, 0.15) is 169 Å². The third-order valence-electron chi connectivity index (χ3n) is 20.1. The van der Waals surface area contributed by atoms with Gasteiger partial charge in [0.25, 0.3) is 0 Å². The summed E-state index contributed by atoms with van der Waals surface area (Å²) in [6, 6.07) is 55.4. The molecule has 140 heavy (non-hydrogen) atoms. The van der Waals surface area contributed by atoms with Crippen LogP contribution in [0, 0.1) is 90.6 Å². The van der Waals surface area contributed by atoms with Crippen LogP contribution in [0.5, 0.6) is 57.5 Å². The van der Waals surface area contributed by atoms with E-state index in [0.717, 1.165) is 113 Å². The molecule has 0 aliphatic rings. The maximum Gasteiger partial charge on any atom is 0.176 e. The number of phenols is 8. The van der Waals surface area contributed by atoms with E-state index < -0.39 is 11.2 Å². The van der Waals surface area contributed by atoms with E-state index in [1.54, 1.807) is 97.1 Å². The Bertz CT molecular complexity index is 5430. The molecule has 32 nitrogen and oxygen atoms in total. The first-order chi connectivity index (χ1) is 65.0. The first-order valence-corrected chi connectivity index (χ1v) is 44.1. The van der Waals surface area contributed by atoms with Crippen LogP contribution in [0.4, 0.5) is 34.1 Å². The predicted octanol–water partition coefficient (Wildman–Crippen LogP) is 19.0. The molecular weight excluding hydrogens is 1960 g/mol. The predicted molar refractivity (Wildman–Crippen MR) is 541 cm³/mol. The maximum absolute atomic E-state index is 10.3. The summed E-state index contributed by atoms with van der Waals surface area (Å²) in [6.07, 6.45) is 10.5. The molecule has 0 bridgehead atoms. The average Bonchev–Trinajstić information content (AvgIpc) is 0.850. The van der Waals surface area contributed by atoms with Crippen molar-refractivity contribution >= 4 is 83.8 Å². The third kappa shape index (κ3) is 38.1. The van der Waals surface area contributed by atoms with Crippen molar-refractivity contribution in [1.29, 1.82) is 42.1 Å². The van der Waals surface area contributed by atoms with Gasteiger partial charge in [-0.2, -0.15) is 42.1 Å². The first-order valence-electron chi connectivity index (χ1n) is 44.1. The number of rotatable bonds is 36. The fraction of sp³-hybridized carbons (Fsp3) is 0.308. The number of phenolic OH excluding ortho intramolecular Hbond substituents is 8. The molecule has 0 saturated heterocycles. The van der Waals surface area contributed by atoms with Crippen molar-refractivity contribution in [2.75, 3.05) is 108 Å². The van der Waals surface area contributed by atoms with Gasteiger partial charge in [0.1, 0.15) is 117 Å². The molecule has 36 heteroatoms. The minimum atomic E-state index is -0.424. The Hall–Kier alpha value is -15.1. The number of benzene rings is 8. The molecule has 737 valence electrons. The standard InChI is InChI=1S/3C26H30N6O2.C26H28N4O4.Cu.2Ni.Zn/c3*1-5-31(6-2)21-11-9-19(25(33)13-21)17-29-23(15-27)24(16-28)30-18-20-10-12-22(14-26(20)34)32(7-3)8-4;1-25(2,3)33-19-9-7-17(23(31)11-19)15-29-21(13-27)22(14-28)30-16-18-8-10-20(12-24(18)32)34-26(4,5)6;;;;/h3*9-14,17-18,33-34H,5-8H2,1-4H3;7-12,15-16,31-32H,1-6H3;;;;. The van der Waals surface area contributed by atoms with Gasteiger partial charge < -0.3 is 79.7 Å². The summed E-state index contributed by atoms with van der Waals surface area (Å²) in [6.45, 7) is 45.4. The number of nitriles is 8. The second kappa shape index (κ2) is 62.6. The Labute approximate surface area is 865 Å². The minimum Gasteiger partial charge on any atom is -0.507 e. The number of hydrogen-bond acceptors (Lipinski definition) is 32. The van der Waals surface area contributed by atoms with Crippen molar-refractivity contribution in [3.8, 4) is 106 Å². The van der Waals surface area contributed by atoms with Crippen LogP contribution in [0.25, 0.3) is 0 Å². The molecule has 8 aromatic rings. The maximum atomic E-state index is 10.3. The second-order valence-corrected chi connectivity index (χ2v) is 31.1. The van der Waals surface area contributed by atoms with Crippen molar-refractivity contribution in [3.63, 3.8) is 0 Å². The summed E-state index contributed by atoms with van der Waals surface area (Å²) in [5, 5.41) is 158. The molecule has 0 atom stereocenters. The Morgan fingerprint density at radius 2 is 0.364 bits per heavy atom. The summed E-state index contributed by atoms with van der Waals surface area (Å²) in [4.78, 5) is 45.0. The van der Waals surface area contributed by atoms with Crippen LogP contribution in [0.2, 0.25) is 0 Å². The Balaban J connectivity index is 0.000000925. The van der Waals surface area contributed by atoms with E-state index in [1.807, 2.05) is 210 Å². The normalized spacial score (nSPS) is 11.7. The van der Waals surface area contributed by atoms with Crippen LogP contribution in [0.15, 0.2) is 231 Å². The quantitative estimate of drug-likeness (QED) is 0.0103. The van der Waals surface area contributed by atoms with E-state index in [9.17, 15) is 82.9 Å². The molecule has 8 aromatic carbocycles. The monoisotopic (exact) mass is 2080 g/mol. The number of aliphatic imine (C=N–C) groups is 8. The average molecular weight is 2080 g/mol. The number of nitrogens with zero attached hydrogens (tertiary/aromatic N) is 22. The number of aromatic hydroxyl groups is 8. The summed E-state index contributed by atoms with van der Waals surface area (Å²) < 4.78 is 11.4. The fourth-order valence-electron chi connectivity index (χ4n) is 12.9. The van der Waals surface area contributed by atoms with Crippen molar-refractivity contribution in [2.45, 2.75) is 136 Å². The van der Waals surface area contributed by atoms with Gasteiger partial charge in [-0.1, -0.05) is 0 Å². The van der Waals surface area contributed by atoms with Gasteiger partial charge in [-0.15, -0.1) is 0 Å². The van der Waals surface area contributed by atoms with Gasteiger partial charge in [-0.25, -0.2) is 39.9 Å². The van der Waals surface area contributed by atoms with Gasteiger partial charge in [-0.05, 0) is 222 Å². The van der Waals surface area contributed by atoms with Gasteiger partial charge in [0, 0.05) is 325 Å².